The van der Waals surface area contributed by atoms with E-state index in [0.717, 1.165) is 5.56 Å². The maximum atomic E-state index is 12.1. The molecule has 0 spiro atoms. The first-order valence-electron chi connectivity index (χ1n) is 5.96. The lowest BCUT2D eigenvalue weighted by atomic mass is 10.1. The molecule has 2 aromatic rings. The first-order valence-corrected chi connectivity index (χ1v) is 6.72. The topological polar surface area (TPSA) is 37.4 Å². The van der Waals surface area contributed by atoms with Crippen molar-refractivity contribution in [2.45, 2.75) is 6.54 Å². The van der Waals surface area contributed by atoms with Gasteiger partial charge in [-0.2, -0.15) is 0 Å². The van der Waals surface area contributed by atoms with Gasteiger partial charge in [-0.1, -0.05) is 35.3 Å². The van der Waals surface area contributed by atoms with Crippen LogP contribution in [0.1, 0.15) is 15.9 Å². The molecule has 3 rings (SSSR count). The Labute approximate surface area is 125 Å². The number of carbonyl (C=O) groups is 2. The normalized spacial score (nSPS) is 13.8. The molecular formula is C15H9Cl2NO2. The highest BCUT2D eigenvalue weighted by Gasteiger charge is 2.35. The molecule has 0 fully saturated rings. The zero-order valence-corrected chi connectivity index (χ0v) is 11.8. The Bertz CT molecular complexity index is 728. The first kappa shape index (κ1) is 13.2. The number of Topliss-reactive ketones (excluding diaryl/α,β-unsaturated/α-hetero) is 1. The number of carbonyl (C=O) groups excluding carboxylic acids is 2. The molecule has 3 nitrogen and oxygen atoms in total. The number of hydrogen-bond donors (Lipinski definition) is 0. The van der Waals surface area contributed by atoms with Gasteiger partial charge in [-0.05, 0) is 35.9 Å². The first-order chi connectivity index (χ1) is 9.56. The Kier molecular flexibility index (Phi) is 3.24. The van der Waals surface area contributed by atoms with Crippen LogP contribution in [0.5, 0.6) is 0 Å². The van der Waals surface area contributed by atoms with E-state index in [0.29, 0.717) is 27.8 Å². The summed E-state index contributed by atoms with van der Waals surface area (Å²) in [5.41, 5.74) is 1.79. The zero-order valence-electron chi connectivity index (χ0n) is 10.3. The van der Waals surface area contributed by atoms with Gasteiger partial charge in [-0.15, -0.1) is 0 Å². The van der Waals surface area contributed by atoms with Crippen molar-refractivity contribution in [3.05, 3.63) is 63.6 Å². The van der Waals surface area contributed by atoms with Crippen molar-refractivity contribution in [2.24, 2.45) is 0 Å². The highest BCUT2D eigenvalue weighted by molar-refractivity contribution is 6.52. The molecule has 1 heterocycles. The molecule has 0 bridgehead atoms. The van der Waals surface area contributed by atoms with Gasteiger partial charge in [0.1, 0.15) is 0 Å². The van der Waals surface area contributed by atoms with E-state index in [2.05, 4.69) is 0 Å². The fourth-order valence-electron chi connectivity index (χ4n) is 2.24. The molecule has 100 valence electrons. The number of benzene rings is 2. The second-order valence-corrected chi connectivity index (χ2v) is 5.38. The van der Waals surface area contributed by atoms with Crippen molar-refractivity contribution in [3.8, 4) is 0 Å². The van der Waals surface area contributed by atoms with Crippen LogP contribution in [0.2, 0.25) is 10.0 Å². The molecule has 5 heteroatoms. The number of amides is 1. The van der Waals surface area contributed by atoms with Gasteiger partial charge in [-0.25, -0.2) is 0 Å². The van der Waals surface area contributed by atoms with Gasteiger partial charge in [0.05, 0.1) is 17.8 Å². The predicted octanol–water partition coefficient (Wildman–Crippen LogP) is 3.72. The molecule has 2 aromatic carbocycles. The highest BCUT2D eigenvalue weighted by Crippen LogP contribution is 2.32. The standard InChI is InChI=1S/C15H9Cl2NO2/c16-10-3-1-2-9(6-10)8-18-13-7-11(17)4-5-12(13)14(19)15(18)20/h1-7H,8H2. The Hall–Kier alpha value is -1.84. The molecule has 0 N–H and O–H groups in total. The van der Waals surface area contributed by atoms with Crippen molar-refractivity contribution in [3.63, 3.8) is 0 Å². The summed E-state index contributed by atoms with van der Waals surface area (Å²) >= 11 is 11.9. The van der Waals surface area contributed by atoms with Crippen LogP contribution in [0.15, 0.2) is 42.5 Å². The summed E-state index contributed by atoms with van der Waals surface area (Å²) in [6, 6.07) is 12.0. The molecule has 1 amide bonds. The van der Waals surface area contributed by atoms with E-state index in [1.165, 1.54) is 4.90 Å². The zero-order chi connectivity index (χ0) is 14.3. The minimum absolute atomic E-state index is 0.290. The molecule has 0 aliphatic carbocycles. The van der Waals surface area contributed by atoms with Gasteiger partial charge in [0.25, 0.3) is 11.7 Å². The van der Waals surface area contributed by atoms with Gasteiger partial charge in [0.2, 0.25) is 0 Å². The lowest BCUT2D eigenvalue weighted by molar-refractivity contribution is -0.114. The van der Waals surface area contributed by atoms with E-state index in [-0.39, 0.29) is 0 Å². The number of rotatable bonds is 2. The third-order valence-corrected chi connectivity index (χ3v) is 3.63. The molecule has 0 saturated carbocycles. The molecule has 0 aromatic heterocycles. The molecule has 0 radical (unpaired) electrons. The summed E-state index contributed by atoms with van der Waals surface area (Å²) in [6.07, 6.45) is 0. The van der Waals surface area contributed by atoms with Crippen molar-refractivity contribution >= 4 is 40.6 Å². The monoisotopic (exact) mass is 305 g/mol. The lowest BCUT2D eigenvalue weighted by Gasteiger charge is -2.16. The fraction of sp³-hybridized carbons (Fsp3) is 0.0667. The summed E-state index contributed by atoms with van der Waals surface area (Å²) in [5.74, 6) is -1.04. The summed E-state index contributed by atoms with van der Waals surface area (Å²) in [7, 11) is 0. The largest absolute Gasteiger partial charge is 0.300 e. The number of nitrogens with zero attached hydrogens (tertiary/aromatic N) is 1. The third kappa shape index (κ3) is 2.19. The van der Waals surface area contributed by atoms with E-state index in [1.54, 1.807) is 36.4 Å². The second-order valence-electron chi connectivity index (χ2n) is 4.51. The number of anilines is 1. The van der Waals surface area contributed by atoms with Crippen LogP contribution in [0.25, 0.3) is 0 Å². The maximum absolute atomic E-state index is 12.1. The number of hydrogen-bond acceptors (Lipinski definition) is 2. The predicted molar refractivity (Wildman–Crippen MR) is 78.4 cm³/mol. The van der Waals surface area contributed by atoms with E-state index >= 15 is 0 Å². The quantitative estimate of drug-likeness (QED) is 0.793. The average molecular weight is 306 g/mol. The van der Waals surface area contributed by atoms with Crippen molar-refractivity contribution in [1.29, 1.82) is 0 Å². The Morgan fingerprint density at radius 2 is 1.70 bits per heavy atom. The summed E-state index contributed by atoms with van der Waals surface area (Å²) in [5, 5.41) is 1.08. The van der Waals surface area contributed by atoms with Crippen LogP contribution < -0.4 is 4.90 Å². The van der Waals surface area contributed by atoms with Gasteiger partial charge in [-0.3, -0.25) is 9.59 Å². The van der Waals surface area contributed by atoms with Gasteiger partial charge in [0, 0.05) is 10.0 Å². The minimum Gasteiger partial charge on any atom is -0.300 e. The number of fused-ring (bicyclic) bond motifs is 1. The maximum Gasteiger partial charge on any atom is 0.299 e. The molecule has 0 atom stereocenters. The highest BCUT2D eigenvalue weighted by atomic mass is 35.5. The van der Waals surface area contributed by atoms with Crippen LogP contribution in [0, 0.1) is 0 Å². The molecule has 1 aliphatic rings. The van der Waals surface area contributed by atoms with Crippen molar-refractivity contribution in [1.82, 2.24) is 0 Å². The second kappa shape index (κ2) is 4.93. The van der Waals surface area contributed by atoms with E-state index in [4.69, 9.17) is 23.2 Å². The van der Waals surface area contributed by atoms with Gasteiger partial charge < -0.3 is 4.90 Å². The summed E-state index contributed by atoms with van der Waals surface area (Å²) in [4.78, 5) is 25.4. The fourth-order valence-corrected chi connectivity index (χ4v) is 2.62. The minimum atomic E-state index is -0.540. The molecule has 0 unspecified atom stereocenters. The summed E-state index contributed by atoms with van der Waals surface area (Å²) < 4.78 is 0. The van der Waals surface area contributed by atoms with Crippen LogP contribution in [0.4, 0.5) is 5.69 Å². The Morgan fingerprint density at radius 3 is 2.45 bits per heavy atom. The number of halogens is 2. The number of ketones is 1. The average Bonchev–Trinajstić information content (AvgIpc) is 2.64. The van der Waals surface area contributed by atoms with Crippen LogP contribution in [-0.2, 0) is 11.3 Å². The SMILES string of the molecule is O=C1C(=O)N(Cc2cccc(Cl)c2)c2cc(Cl)ccc21. The molecular weight excluding hydrogens is 297 g/mol. The van der Waals surface area contributed by atoms with Crippen LogP contribution in [0.3, 0.4) is 0 Å². The van der Waals surface area contributed by atoms with E-state index in [9.17, 15) is 9.59 Å². The van der Waals surface area contributed by atoms with E-state index < -0.39 is 11.7 Å². The molecule has 0 saturated heterocycles. The van der Waals surface area contributed by atoms with Crippen LogP contribution >= 0.6 is 23.2 Å². The lowest BCUT2D eigenvalue weighted by Crippen LogP contribution is -2.29. The van der Waals surface area contributed by atoms with Crippen molar-refractivity contribution < 1.29 is 9.59 Å². The van der Waals surface area contributed by atoms with Crippen LogP contribution in [-0.4, -0.2) is 11.7 Å². The molecule has 1 aliphatic heterocycles. The van der Waals surface area contributed by atoms with Gasteiger partial charge >= 0.3 is 0 Å². The smallest absolute Gasteiger partial charge is 0.299 e. The third-order valence-electron chi connectivity index (χ3n) is 3.16. The molecule has 20 heavy (non-hydrogen) atoms. The summed E-state index contributed by atoms with van der Waals surface area (Å²) in [6.45, 7) is 0.290. The van der Waals surface area contributed by atoms with Crippen molar-refractivity contribution in [2.75, 3.05) is 4.90 Å². The Balaban J connectivity index is 2.01. The van der Waals surface area contributed by atoms with Gasteiger partial charge in [0.15, 0.2) is 0 Å². The van der Waals surface area contributed by atoms with E-state index in [1.807, 2.05) is 6.07 Å². The Morgan fingerprint density at radius 1 is 0.950 bits per heavy atom.